The maximum atomic E-state index is 6.32. The van der Waals surface area contributed by atoms with Crippen LogP contribution in [0.5, 0.6) is 0 Å². The summed E-state index contributed by atoms with van der Waals surface area (Å²) in [6, 6.07) is 18.9. The average molecular weight is 588 g/mol. The van der Waals surface area contributed by atoms with Gasteiger partial charge < -0.3 is 14.1 Å². The molecule has 0 radical (unpaired) electrons. The summed E-state index contributed by atoms with van der Waals surface area (Å²) in [5, 5.41) is 9.30. The maximum absolute atomic E-state index is 6.32. The third-order valence-electron chi connectivity index (χ3n) is 7.26. The number of hydrogen-bond donors (Lipinski definition) is 1. The van der Waals surface area contributed by atoms with Gasteiger partial charge in [0.1, 0.15) is 16.9 Å². The number of fused-ring (bicyclic) bond motifs is 1. The molecular formula is C33H21N3O2S3. The van der Waals surface area contributed by atoms with Crippen LogP contribution in [-0.2, 0) is 4.74 Å². The number of thiophene rings is 1. The van der Waals surface area contributed by atoms with Crippen LogP contribution in [0.1, 0.15) is 11.7 Å². The van der Waals surface area contributed by atoms with Crippen LogP contribution in [0.2, 0.25) is 0 Å². The monoisotopic (exact) mass is 587 g/mol. The number of nitrogens with one attached hydrogen (secondary N) is 1. The van der Waals surface area contributed by atoms with E-state index in [1.54, 1.807) is 35.2 Å². The summed E-state index contributed by atoms with van der Waals surface area (Å²) in [5.41, 5.74) is 8.27. The molecule has 5 aromatic heterocycles. The summed E-state index contributed by atoms with van der Waals surface area (Å²) < 4.78 is 17.4. The zero-order valence-electron chi connectivity index (χ0n) is 21.5. The summed E-state index contributed by atoms with van der Waals surface area (Å²) >= 11 is 4.80. The lowest BCUT2D eigenvalue weighted by atomic mass is 9.80. The highest BCUT2D eigenvalue weighted by molar-refractivity contribution is 7.13. The number of furan rings is 1. The Hall–Kier alpha value is -4.50. The molecule has 0 fully saturated rings. The van der Waals surface area contributed by atoms with Gasteiger partial charge >= 0.3 is 0 Å². The molecule has 5 nitrogen and oxygen atoms in total. The molecule has 0 aliphatic carbocycles. The molecule has 1 N–H and O–H groups in total. The predicted octanol–water partition coefficient (Wildman–Crippen LogP) is 10.2. The van der Waals surface area contributed by atoms with Crippen LogP contribution in [0.3, 0.4) is 0 Å². The molecule has 7 aromatic rings. The number of ether oxygens (including phenoxy) is 1. The quantitative estimate of drug-likeness (QED) is 0.210. The van der Waals surface area contributed by atoms with Crippen molar-refractivity contribution in [1.29, 1.82) is 0 Å². The van der Waals surface area contributed by atoms with Gasteiger partial charge in [0.25, 0.3) is 0 Å². The number of allylic oxidation sites excluding steroid dienone is 2. The lowest BCUT2D eigenvalue weighted by Gasteiger charge is -2.27. The molecule has 8 rings (SSSR count). The van der Waals surface area contributed by atoms with E-state index in [2.05, 4.69) is 58.9 Å². The van der Waals surface area contributed by atoms with Crippen molar-refractivity contribution < 1.29 is 9.15 Å². The maximum Gasteiger partial charge on any atom is 0.143 e. The Balaban J connectivity index is 1.65. The van der Waals surface area contributed by atoms with Gasteiger partial charge in [-0.1, -0.05) is 24.3 Å². The molecule has 6 heterocycles. The van der Waals surface area contributed by atoms with Gasteiger partial charge in [-0.05, 0) is 70.8 Å². The highest BCUT2D eigenvalue weighted by atomic mass is 32.1. The van der Waals surface area contributed by atoms with Gasteiger partial charge in [0.15, 0.2) is 0 Å². The predicted molar refractivity (Wildman–Crippen MR) is 169 cm³/mol. The van der Waals surface area contributed by atoms with Crippen molar-refractivity contribution >= 4 is 45.0 Å². The molecule has 1 aliphatic heterocycles. The fourth-order valence-corrected chi connectivity index (χ4v) is 7.67. The van der Waals surface area contributed by atoms with E-state index in [4.69, 9.17) is 18.5 Å². The fraction of sp³-hybridized carbons (Fsp3) is 0.0303. The van der Waals surface area contributed by atoms with Crippen molar-refractivity contribution in [3.05, 3.63) is 119 Å². The summed E-state index contributed by atoms with van der Waals surface area (Å²) in [7, 11) is 0. The molecule has 198 valence electrons. The standard InChI is InChI=1S/C33H21N3O2S3/c1-2-15-37-24(7-1)28-20-10-11-21(33-35-14-19-40-33)27(23-12-18-41-36-23)29(20)30(22-6-3-13-34-22)31(25-8-4-16-38-25)32(28)26-9-5-17-39-26/h1-19,24,34H. The normalized spacial score (nSPS) is 14.6. The van der Waals surface area contributed by atoms with Crippen LogP contribution in [0.4, 0.5) is 0 Å². The number of thiazole rings is 1. The molecule has 0 bridgehead atoms. The average Bonchev–Trinajstić information content (AvgIpc) is 3.86. The van der Waals surface area contributed by atoms with Crippen molar-refractivity contribution in [1.82, 2.24) is 14.3 Å². The van der Waals surface area contributed by atoms with Gasteiger partial charge in [-0.25, -0.2) is 4.98 Å². The van der Waals surface area contributed by atoms with E-state index in [1.165, 1.54) is 11.5 Å². The number of hydrogen-bond acceptors (Lipinski definition) is 7. The van der Waals surface area contributed by atoms with Crippen molar-refractivity contribution in [3.8, 4) is 54.9 Å². The van der Waals surface area contributed by atoms with Crippen LogP contribution in [-0.4, -0.2) is 14.3 Å². The Morgan fingerprint density at radius 1 is 0.829 bits per heavy atom. The topological polar surface area (TPSA) is 63.9 Å². The second-order valence-electron chi connectivity index (χ2n) is 9.48. The van der Waals surface area contributed by atoms with Crippen molar-refractivity contribution in [2.24, 2.45) is 0 Å². The van der Waals surface area contributed by atoms with E-state index in [1.807, 2.05) is 47.4 Å². The van der Waals surface area contributed by atoms with Gasteiger partial charge in [0.2, 0.25) is 0 Å². The van der Waals surface area contributed by atoms with Crippen LogP contribution in [0.15, 0.2) is 118 Å². The van der Waals surface area contributed by atoms with Crippen LogP contribution in [0, 0.1) is 0 Å². The third-order valence-corrected chi connectivity index (χ3v) is 9.51. The SMILES string of the molecule is C1=COC(c2c(-c3cccs3)c(-c3ccco3)c(-c3ccc[nH]3)c3c(-c4ccsn4)c(-c4nccs4)ccc23)C=C1. The van der Waals surface area contributed by atoms with Crippen molar-refractivity contribution in [2.45, 2.75) is 6.10 Å². The van der Waals surface area contributed by atoms with E-state index >= 15 is 0 Å². The number of aromatic nitrogens is 3. The zero-order valence-corrected chi connectivity index (χ0v) is 23.9. The molecule has 8 heteroatoms. The minimum absolute atomic E-state index is 0.292. The number of nitrogens with zero attached hydrogens (tertiary/aromatic N) is 2. The summed E-state index contributed by atoms with van der Waals surface area (Å²) in [4.78, 5) is 9.39. The molecule has 0 saturated carbocycles. The first-order chi connectivity index (χ1) is 20.4. The smallest absolute Gasteiger partial charge is 0.143 e. The number of aromatic amines is 1. The van der Waals surface area contributed by atoms with E-state index in [-0.39, 0.29) is 6.10 Å². The van der Waals surface area contributed by atoms with E-state index in [0.717, 1.165) is 71.2 Å². The highest BCUT2D eigenvalue weighted by Crippen LogP contribution is 2.54. The number of rotatable bonds is 6. The van der Waals surface area contributed by atoms with Gasteiger partial charge in [-0.15, -0.1) is 22.7 Å². The van der Waals surface area contributed by atoms with Gasteiger partial charge in [-0.2, -0.15) is 4.37 Å². The van der Waals surface area contributed by atoms with Gasteiger partial charge in [0, 0.05) is 72.5 Å². The largest absolute Gasteiger partial charge is 0.489 e. The molecule has 2 aromatic carbocycles. The number of benzene rings is 2. The van der Waals surface area contributed by atoms with Gasteiger partial charge in [0.05, 0.1) is 18.2 Å². The first-order valence-corrected chi connectivity index (χ1v) is 15.7. The summed E-state index contributed by atoms with van der Waals surface area (Å²) in [6.07, 6.45) is 13.1. The van der Waals surface area contributed by atoms with E-state index < -0.39 is 0 Å². The van der Waals surface area contributed by atoms with Crippen LogP contribution >= 0.6 is 34.2 Å². The molecule has 1 aliphatic rings. The second-order valence-corrected chi connectivity index (χ2v) is 12.0. The Morgan fingerprint density at radius 3 is 2.54 bits per heavy atom. The summed E-state index contributed by atoms with van der Waals surface area (Å²) in [5.74, 6) is 0.792. The van der Waals surface area contributed by atoms with Crippen molar-refractivity contribution in [2.75, 3.05) is 0 Å². The molecule has 0 saturated heterocycles. The zero-order chi connectivity index (χ0) is 27.2. The molecule has 41 heavy (non-hydrogen) atoms. The Kier molecular flexibility index (Phi) is 6.02. The lowest BCUT2D eigenvalue weighted by Crippen LogP contribution is -2.07. The Morgan fingerprint density at radius 2 is 1.83 bits per heavy atom. The van der Waals surface area contributed by atoms with Crippen LogP contribution < -0.4 is 0 Å². The lowest BCUT2D eigenvalue weighted by molar-refractivity contribution is 0.188. The molecule has 0 amide bonds. The molecular weight excluding hydrogens is 567 g/mol. The molecule has 0 spiro atoms. The van der Waals surface area contributed by atoms with Crippen molar-refractivity contribution in [3.63, 3.8) is 0 Å². The minimum atomic E-state index is -0.292. The minimum Gasteiger partial charge on any atom is -0.489 e. The number of H-pyrrole nitrogens is 1. The second kappa shape index (κ2) is 10.2. The first-order valence-electron chi connectivity index (χ1n) is 13.1. The third kappa shape index (κ3) is 4.02. The first kappa shape index (κ1) is 24.3. The Labute approximate surface area is 247 Å². The highest BCUT2D eigenvalue weighted by Gasteiger charge is 2.31. The molecule has 1 atom stereocenters. The molecule has 1 unspecified atom stereocenters. The Bertz CT molecular complexity index is 2000. The fourth-order valence-electron chi connectivity index (χ4n) is 5.69. The van der Waals surface area contributed by atoms with E-state index in [0.29, 0.717) is 0 Å². The van der Waals surface area contributed by atoms with E-state index in [9.17, 15) is 0 Å². The summed E-state index contributed by atoms with van der Waals surface area (Å²) in [6.45, 7) is 0. The van der Waals surface area contributed by atoms with Crippen LogP contribution in [0.25, 0.3) is 65.6 Å². The van der Waals surface area contributed by atoms with Gasteiger partial charge in [-0.3, -0.25) is 0 Å².